The Morgan fingerprint density at radius 1 is 1.56 bits per heavy atom. The molecule has 1 rings (SSSR count). The minimum atomic E-state index is 0.996. The lowest BCUT2D eigenvalue weighted by Crippen LogP contribution is -1.92. The number of aromatic nitrogens is 3. The van der Waals surface area contributed by atoms with E-state index in [1.807, 2.05) is 6.07 Å². The average molecular weight is 123 g/mol. The summed E-state index contributed by atoms with van der Waals surface area (Å²) in [6, 6.07) is 1.89. The fourth-order valence-electron chi connectivity index (χ4n) is 0.655. The van der Waals surface area contributed by atoms with Gasteiger partial charge in [-0.15, -0.1) is 10.2 Å². The zero-order chi connectivity index (χ0) is 6.53. The normalized spacial score (nSPS) is 9.44. The quantitative estimate of drug-likeness (QED) is 0.584. The van der Waals surface area contributed by atoms with Gasteiger partial charge in [0.05, 0.1) is 11.9 Å². The molecule has 0 saturated heterocycles. The summed E-state index contributed by atoms with van der Waals surface area (Å²) in [5, 5.41) is 10.9. The molecule has 0 aliphatic heterocycles. The first-order valence-corrected chi connectivity index (χ1v) is 3.06. The van der Waals surface area contributed by atoms with Gasteiger partial charge in [0.15, 0.2) is 0 Å². The van der Waals surface area contributed by atoms with Crippen molar-refractivity contribution in [1.29, 1.82) is 0 Å². The smallest absolute Gasteiger partial charge is 0.0664 e. The summed E-state index contributed by atoms with van der Waals surface area (Å²) in [4.78, 5) is 0. The zero-order valence-electron chi connectivity index (χ0n) is 5.41. The maximum absolute atomic E-state index is 3.81. The van der Waals surface area contributed by atoms with Gasteiger partial charge >= 0.3 is 0 Å². The van der Waals surface area contributed by atoms with Gasteiger partial charge in [-0.2, -0.15) is 0 Å². The molecule has 0 bridgehead atoms. The molecule has 3 heteroatoms. The van der Waals surface area contributed by atoms with Crippen molar-refractivity contribution in [2.24, 2.45) is 0 Å². The topological polar surface area (TPSA) is 38.7 Å². The molecule has 0 aliphatic carbocycles. The van der Waals surface area contributed by atoms with Crippen LogP contribution in [0.3, 0.4) is 0 Å². The molecule has 3 nitrogen and oxygen atoms in total. The monoisotopic (exact) mass is 123 g/mol. The largest absolute Gasteiger partial charge is 0.139 e. The van der Waals surface area contributed by atoms with Crippen molar-refractivity contribution in [2.75, 3.05) is 0 Å². The van der Waals surface area contributed by atoms with E-state index >= 15 is 0 Å². The first kappa shape index (κ1) is 6.13. The number of aryl methyl sites for hydroxylation is 1. The molecule has 1 heterocycles. The van der Waals surface area contributed by atoms with Gasteiger partial charge in [0, 0.05) is 0 Å². The molecular formula is C6H9N3. The molecule has 0 spiro atoms. The van der Waals surface area contributed by atoms with Gasteiger partial charge in [0.25, 0.3) is 0 Å². The Labute approximate surface area is 54.1 Å². The summed E-state index contributed by atoms with van der Waals surface area (Å²) >= 11 is 0. The van der Waals surface area contributed by atoms with Gasteiger partial charge in [-0.3, -0.25) is 0 Å². The van der Waals surface area contributed by atoms with Crippen molar-refractivity contribution < 1.29 is 0 Å². The lowest BCUT2D eigenvalue weighted by Gasteiger charge is -1.90. The molecular weight excluding hydrogens is 114 g/mol. The second kappa shape index (κ2) is 3.12. The summed E-state index contributed by atoms with van der Waals surface area (Å²) in [6.07, 6.45) is 3.77. The molecule has 0 unspecified atom stereocenters. The lowest BCUT2D eigenvalue weighted by molar-refractivity contribution is 0.779. The summed E-state index contributed by atoms with van der Waals surface area (Å²) in [6.45, 7) is 2.11. The standard InChI is InChI=1S/C6H9N3/c1-2-3-6-4-5-7-9-8-6/h4-5H,2-3H2,1H3. The Morgan fingerprint density at radius 3 is 3.00 bits per heavy atom. The predicted molar refractivity (Wildman–Crippen MR) is 33.8 cm³/mol. The molecule has 0 amide bonds. The fraction of sp³-hybridized carbons (Fsp3) is 0.500. The molecule has 0 radical (unpaired) electrons. The zero-order valence-corrected chi connectivity index (χ0v) is 5.41. The van der Waals surface area contributed by atoms with E-state index < -0.39 is 0 Å². The van der Waals surface area contributed by atoms with Crippen molar-refractivity contribution in [3.63, 3.8) is 0 Å². The second-order valence-electron chi connectivity index (χ2n) is 1.86. The van der Waals surface area contributed by atoms with Crippen molar-refractivity contribution in [3.05, 3.63) is 18.0 Å². The first-order chi connectivity index (χ1) is 4.43. The van der Waals surface area contributed by atoms with E-state index in [0.29, 0.717) is 0 Å². The van der Waals surface area contributed by atoms with E-state index in [1.54, 1.807) is 6.20 Å². The molecule has 0 saturated carbocycles. The average Bonchev–Trinajstić information content (AvgIpc) is 1.91. The van der Waals surface area contributed by atoms with E-state index in [-0.39, 0.29) is 0 Å². The van der Waals surface area contributed by atoms with E-state index in [1.165, 1.54) is 0 Å². The number of rotatable bonds is 2. The Morgan fingerprint density at radius 2 is 2.44 bits per heavy atom. The maximum atomic E-state index is 3.81. The molecule has 48 valence electrons. The van der Waals surface area contributed by atoms with E-state index in [9.17, 15) is 0 Å². The highest BCUT2D eigenvalue weighted by Gasteiger charge is 1.88. The molecule has 0 atom stereocenters. The van der Waals surface area contributed by atoms with Crippen LogP contribution in [0.15, 0.2) is 12.3 Å². The van der Waals surface area contributed by atoms with Crippen LogP contribution in [0.1, 0.15) is 19.0 Å². The predicted octanol–water partition coefficient (Wildman–Crippen LogP) is 0.824. The minimum Gasteiger partial charge on any atom is -0.139 e. The fourth-order valence-corrected chi connectivity index (χ4v) is 0.655. The van der Waals surface area contributed by atoms with E-state index in [2.05, 4.69) is 22.3 Å². The molecule has 9 heavy (non-hydrogen) atoms. The van der Waals surface area contributed by atoms with Gasteiger partial charge in [0.1, 0.15) is 0 Å². The minimum absolute atomic E-state index is 0.996. The summed E-state index contributed by atoms with van der Waals surface area (Å²) < 4.78 is 0. The lowest BCUT2D eigenvalue weighted by atomic mass is 10.2. The van der Waals surface area contributed by atoms with Crippen molar-refractivity contribution in [1.82, 2.24) is 15.4 Å². The Hall–Kier alpha value is -0.990. The van der Waals surface area contributed by atoms with Crippen LogP contribution >= 0.6 is 0 Å². The van der Waals surface area contributed by atoms with Crippen LogP contribution in [0, 0.1) is 0 Å². The number of hydrogen-bond acceptors (Lipinski definition) is 3. The van der Waals surface area contributed by atoms with E-state index in [0.717, 1.165) is 18.5 Å². The van der Waals surface area contributed by atoms with Crippen LogP contribution in [-0.4, -0.2) is 15.4 Å². The Kier molecular flexibility index (Phi) is 2.13. The van der Waals surface area contributed by atoms with Gasteiger partial charge < -0.3 is 0 Å². The maximum Gasteiger partial charge on any atom is 0.0664 e. The van der Waals surface area contributed by atoms with Crippen LogP contribution in [0.25, 0.3) is 0 Å². The highest BCUT2D eigenvalue weighted by Crippen LogP contribution is 1.92. The Bertz CT molecular complexity index is 161. The number of hydrogen-bond donors (Lipinski definition) is 0. The van der Waals surface area contributed by atoms with Gasteiger partial charge in [-0.1, -0.05) is 13.3 Å². The molecule has 0 aliphatic rings. The summed E-state index contributed by atoms with van der Waals surface area (Å²) in [5.41, 5.74) is 1.02. The first-order valence-electron chi connectivity index (χ1n) is 3.06. The van der Waals surface area contributed by atoms with Crippen molar-refractivity contribution in [3.8, 4) is 0 Å². The molecule has 0 fully saturated rings. The van der Waals surface area contributed by atoms with Crippen LogP contribution in [0.5, 0.6) is 0 Å². The second-order valence-corrected chi connectivity index (χ2v) is 1.86. The SMILES string of the molecule is CCCc1ccnnn1. The van der Waals surface area contributed by atoms with Crippen LogP contribution in [0.4, 0.5) is 0 Å². The third-order valence-electron chi connectivity index (χ3n) is 1.06. The van der Waals surface area contributed by atoms with Crippen LogP contribution < -0.4 is 0 Å². The molecule has 1 aromatic rings. The van der Waals surface area contributed by atoms with Crippen LogP contribution in [0.2, 0.25) is 0 Å². The molecule has 0 N–H and O–H groups in total. The van der Waals surface area contributed by atoms with Gasteiger partial charge in [-0.05, 0) is 17.7 Å². The Balaban J connectivity index is 2.61. The summed E-state index contributed by atoms with van der Waals surface area (Å²) in [5.74, 6) is 0. The van der Waals surface area contributed by atoms with E-state index in [4.69, 9.17) is 0 Å². The highest BCUT2D eigenvalue weighted by molar-refractivity contribution is 4.94. The van der Waals surface area contributed by atoms with Crippen molar-refractivity contribution >= 4 is 0 Å². The number of nitrogens with zero attached hydrogens (tertiary/aromatic N) is 3. The van der Waals surface area contributed by atoms with Gasteiger partial charge in [0.2, 0.25) is 0 Å². The third kappa shape index (κ3) is 1.76. The highest BCUT2D eigenvalue weighted by atomic mass is 15.3. The van der Waals surface area contributed by atoms with Crippen LogP contribution in [-0.2, 0) is 6.42 Å². The van der Waals surface area contributed by atoms with Crippen molar-refractivity contribution in [2.45, 2.75) is 19.8 Å². The molecule has 0 aromatic carbocycles. The summed E-state index contributed by atoms with van der Waals surface area (Å²) in [7, 11) is 0. The molecule has 1 aromatic heterocycles. The third-order valence-corrected chi connectivity index (χ3v) is 1.06. The van der Waals surface area contributed by atoms with Gasteiger partial charge in [-0.25, -0.2) is 0 Å².